The van der Waals surface area contributed by atoms with E-state index >= 15 is 0 Å². The Balaban J connectivity index is 2.11. The second kappa shape index (κ2) is 4.50. The lowest BCUT2D eigenvalue weighted by Crippen LogP contribution is -2.09. The first-order chi connectivity index (χ1) is 8.31. The highest BCUT2D eigenvalue weighted by molar-refractivity contribution is 9.10. The van der Waals surface area contributed by atoms with E-state index in [0.717, 1.165) is 35.5 Å². The van der Waals surface area contributed by atoms with Gasteiger partial charge in [0.15, 0.2) is 11.5 Å². The first-order valence-corrected chi connectivity index (χ1v) is 6.92. The van der Waals surface area contributed by atoms with Crippen LogP contribution in [0.25, 0.3) is 0 Å². The van der Waals surface area contributed by atoms with Crippen LogP contribution in [-0.2, 0) is 6.42 Å². The summed E-state index contributed by atoms with van der Waals surface area (Å²) in [5, 5.41) is 3.42. The molecule has 1 atom stereocenters. The summed E-state index contributed by atoms with van der Waals surface area (Å²) < 4.78 is 12.2. The smallest absolute Gasteiger partial charge is 0.231 e. The Morgan fingerprint density at radius 1 is 1.41 bits per heavy atom. The van der Waals surface area contributed by atoms with Crippen molar-refractivity contribution in [3.63, 3.8) is 0 Å². The SMILES string of the molecule is CCc1c(C2CCNC2)cc(Br)c2c1OCO2. The van der Waals surface area contributed by atoms with Crippen LogP contribution in [0.15, 0.2) is 10.5 Å². The third-order valence-electron chi connectivity index (χ3n) is 3.59. The van der Waals surface area contributed by atoms with Crippen LogP contribution >= 0.6 is 15.9 Å². The van der Waals surface area contributed by atoms with Crippen LogP contribution in [-0.4, -0.2) is 19.9 Å². The third-order valence-corrected chi connectivity index (χ3v) is 4.18. The van der Waals surface area contributed by atoms with Crippen LogP contribution in [0.4, 0.5) is 0 Å². The van der Waals surface area contributed by atoms with Crippen molar-refractivity contribution in [2.24, 2.45) is 0 Å². The number of benzene rings is 1. The van der Waals surface area contributed by atoms with Crippen molar-refractivity contribution >= 4 is 15.9 Å². The second-order valence-corrected chi connectivity index (χ2v) is 5.39. The number of rotatable bonds is 2. The van der Waals surface area contributed by atoms with Crippen molar-refractivity contribution in [3.8, 4) is 11.5 Å². The quantitative estimate of drug-likeness (QED) is 0.910. The fourth-order valence-corrected chi connectivity index (χ4v) is 3.29. The molecule has 92 valence electrons. The highest BCUT2D eigenvalue weighted by Gasteiger charge is 2.27. The van der Waals surface area contributed by atoms with Crippen molar-refractivity contribution in [2.45, 2.75) is 25.7 Å². The van der Waals surface area contributed by atoms with Gasteiger partial charge in [0.05, 0.1) is 4.47 Å². The van der Waals surface area contributed by atoms with Crippen LogP contribution in [0.3, 0.4) is 0 Å². The highest BCUT2D eigenvalue weighted by atomic mass is 79.9. The summed E-state index contributed by atoms with van der Waals surface area (Å²) in [5.41, 5.74) is 2.73. The number of hydrogen-bond donors (Lipinski definition) is 1. The van der Waals surface area contributed by atoms with Crippen LogP contribution < -0.4 is 14.8 Å². The zero-order valence-electron chi connectivity index (χ0n) is 9.88. The minimum absolute atomic E-state index is 0.341. The molecule has 1 fully saturated rings. The zero-order chi connectivity index (χ0) is 11.8. The molecule has 0 saturated carbocycles. The van der Waals surface area contributed by atoms with E-state index < -0.39 is 0 Å². The molecule has 1 N–H and O–H groups in total. The van der Waals surface area contributed by atoms with Gasteiger partial charge >= 0.3 is 0 Å². The minimum atomic E-state index is 0.341. The minimum Gasteiger partial charge on any atom is -0.453 e. The molecule has 1 saturated heterocycles. The average molecular weight is 298 g/mol. The Hall–Kier alpha value is -0.740. The van der Waals surface area contributed by atoms with Crippen LogP contribution in [0, 0.1) is 0 Å². The van der Waals surface area contributed by atoms with E-state index in [1.54, 1.807) is 0 Å². The monoisotopic (exact) mass is 297 g/mol. The van der Waals surface area contributed by atoms with Crippen molar-refractivity contribution in [1.82, 2.24) is 5.32 Å². The largest absolute Gasteiger partial charge is 0.453 e. The van der Waals surface area contributed by atoms with Crippen molar-refractivity contribution in [3.05, 3.63) is 21.7 Å². The average Bonchev–Trinajstić information content (AvgIpc) is 3.00. The van der Waals surface area contributed by atoms with Gasteiger partial charge in [0.25, 0.3) is 0 Å². The third kappa shape index (κ3) is 1.83. The topological polar surface area (TPSA) is 30.5 Å². The summed E-state index contributed by atoms with van der Waals surface area (Å²) in [6.07, 6.45) is 2.20. The Kier molecular flexibility index (Phi) is 3.01. The van der Waals surface area contributed by atoms with Gasteiger partial charge in [0, 0.05) is 12.1 Å². The van der Waals surface area contributed by atoms with E-state index in [2.05, 4.69) is 34.2 Å². The number of ether oxygens (including phenoxy) is 2. The maximum atomic E-state index is 5.63. The molecule has 4 heteroatoms. The lowest BCUT2D eigenvalue weighted by molar-refractivity contribution is 0.172. The molecule has 2 heterocycles. The fraction of sp³-hybridized carbons (Fsp3) is 0.538. The Morgan fingerprint density at radius 2 is 2.24 bits per heavy atom. The van der Waals surface area contributed by atoms with E-state index in [4.69, 9.17) is 9.47 Å². The molecule has 0 radical (unpaired) electrons. The number of halogens is 1. The molecule has 3 rings (SSSR count). The Morgan fingerprint density at radius 3 is 2.94 bits per heavy atom. The van der Waals surface area contributed by atoms with Gasteiger partial charge in [-0.3, -0.25) is 0 Å². The maximum Gasteiger partial charge on any atom is 0.231 e. The van der Waals surface area contributed by atoms with Gasteiger partial charge in [0.1, 0.15) is 0 Å². The predicted octanol–water partition coefficient (Wildman–Crippen LogP) is 2.82. The van der Waals surface area contributed by atoms with Gasteiger partial charge in [-0.15, -0.1) is 0 Å². The predicted molar refractivity (Wildman–Crippen MR) is 69.9 cm³/mol. The number of nitrogens with one attached hydrogen (secondary N) is 1. The first-order valence-electron chi connectivity index (χ1n) is 6.12. The highest BCUT2D eigenvalue weighted by Crippen LogP contribution is 2.46. The fourth-order valence-electron chi connectivity index (χ4n) is 2.75. The molecule has 1 aromatic rings. The van der Waals surface area contributed by atoms with Crippen LogP contribution in [0.5, 0.6) is 11.5 Å². The summed E-state index contributed by atoms with van der Waals surface area (Å²) in [6, 6.07) is 2.21. The zero-order valence-corrected chi connectivity index (χ0v) is 11.5. The van der Waals surface area contributed by atoms with E-state index in [1.165, 1.54) is 17.5 Å². The maximum absolute atomic E-state index is 5.63. The summed E-state index contributed by atoms with van der Waals surface area (Å²) in [6.45, 7) is 4.70. The van der Waals surface area contributed by atoms with Gasteiger partial charge in [0.2, 0.25) is 6.79 Å². The van der Waals surface area contributed by atoms with Gasteiger partial charge < -0.3 is 14.8 Å². The van der Waals surface area contributed by atoms with Crippen LogP contribution in [0.2, 0.25) is 0 Å². The summed E-state index contributed by atoms with van der Waals surface area (Å²) in [4.78, 5) is 0. The molecule has 1 aromatic carbocycles. The lowest BCUT2D eigenvalue weighted by atomic mass is 9.91. The molecular formula is C13H16BrNO2. The normalized spacial score (nSPS) is 22.1. The van der Waals surface area contributed by atoms with Gasteiger partial charge in [-0.1, -0.05) is 6.92 Å². The molecule has 0 spiro atoms. The summed E-state index contributed by atoms with van der Waals surface area (Å²) >= 11 is 3.58. The van der Waals surface area contributed by atoms with E-state index in [0.29, 0.717) is 12.7 Å². The van der Waals surface area contributed by atoms with E-state index in [9.17, 15) is 0 Å². The molecule has 2 aliphatic rings. The summed E-state index contributed by atoms with van der Waals surface area (Å²) in [7, 11) is 0. The van der Waals surface area contributed by atoms with E-state index in [-0.39, 0.29) is 0 Å². The lowest BCUT2D eigenvalue weighted by Gasteiger charge is -2.16. The van der Waals surface area contributed by atoms with E-state index in [1.807, 2.05) is 0 Å². The molecule has 17 heavy (non-hydrogen) atoms. The van der Waals surface area contributed by atoms with Gasteiger partial charge in [-0.05, 0) is 52.9 Å². The van der Waals surface area contributed by atoms with Crippen molar-refractivity contribution in [2.75, 3.05) is 19.9 Å². The summed E-state index contributed by atoms with van der Waals surface area (Å²) in [5.74, 6) is 2.43. The molecule has 0 bridgehead atoms. The molecular weight excluding hydrogens is 282 g/mol. The number of fused-ring (bicyclic) bond motifs is 1. The molecule has 0 aliphatic carbocycles. The van der Waals surface area contributed by atoms with Crippen LogP contribution in [0.1, 0.15) is 30.4 Å². The molecule has 0 aromatic heterocycles. The Labute approximate surface area is 110 Å². The standard InChI is InChI=1S/C13H16BrNO2/c1-2-9-10(8-3-4-15-6-8)5-11(14)13-12(9)16-7-17-13/h5,8,15H,2-4,6-7H2,1H3. The second-order valence-electron chi connectivity index (χ2n) is 4.53. The first kappa shape index (κ1) is 11.4. The molecule has 3 nitrogen and oxygen atoms in total. The van der Waals surface area contributed by atoms with Crippen molar-refractivity contribution < 1.29 is 9.47 Å². The molecule has 1 unspecified atom stereocenters. The number of hydrogen-bond acceptors (Lipinski definition) is 3. The van der Waals surface area contributed by atoms with Gasteiger partial charge in [-0.2, -0.15) is 0 Å². The van der Waals surface area contributed by atoms with Gasteiger partial charge in [-0.25, -0.2) is 0 Å². The Bertz CT molecular complexity index is 442. The molecule has 2 aliphatic heterocycles. The van der Waals surface area contributed by atoms with Crippen molar-refractivity contribution in [1.29, 1.82) is 0 Å². The molecule has 0 amide bonds.